The van der Waals surface area contributed by atoms with E-state index >= 15 is 0 Å². The molecule has 2 rings (SSSR count). The van der Waals surface area contributed by atoms with Crippen LogP contribution in [0.2, 0.25) is 0 Å². The molecule has 2 aromatic rings. The zero-order chi connectivity index (χ0) is 13.7. The standard InChI is InChI=1S/C14H14N2O3/c17-13(5-6-14(18)19)15-8-7-10-9-16-12-4-2-1-3-11(10)12/h1-6,9,16H,7-8H2,(H,15,17)(H,18,19)/p-1/b6-5+. The minimum absolute atomic E-state index is 0.441. The van der Waals surface area contributed by atoms with Crippen LogP contribution in [0, 0.1) is 0 Å². The second-order valence-corrected chi connectivity index (χ2v) is 4.05. The molecule has 1 aromatic heterocycles. The molecule has 0 saturated carbocycles. The summed E-state index contributed by atoms with van der Waals surface area (Å²) in [4.78, 5) is 24.5. The molecule has 2 N–H and O–H groups in total. The molecule has 1 heterocycles. The van der Waals surface area contributed by atoms with Gasteiger partial charge in [0, 0.05) is 29.7 Å². The topological polar surface area (TPSA) is 85.0 Å². The van der Waals surface area contributed by atoms with Crippen molar-refractivity contribution in [2.45, 2.75) is 6.42 Å². The normalized spacial score (nSPS) is 10.9. The number of rotatable bonds is 5. The van der Waals surface area contributed by atoms with E-state index in [0.29, 0.717) is 19.0 Å². The third-order valence-electron chi connectivity index (χ3n) is 2.74. The van der Waals surface area contributed by atoms with Gasteiger partial charge in [-0.1, -0.05) is 18.2 Å². The number of aromatic nitrogens is 1. The van der Waals surface area contributed by atoms with Crippen molar-refractivity contribution in [2.75, 3.05) is 6.54 Å². The van der Waals surface area contributed by atoms with Crippen molar-refractivity contribution in [1.29, 1.82) is 0 Å². The van der Waals surface area contributed by atoms with Gasteiger partial charge in [-0.25, -0.2) is 0 Å². The van der Waals surface area contributed by atoms with Gasteiger partial charge in [0.25, 0.3) is 0 Å². The number of amides is 1. The van der Waals surface area contributed by atoms with E-state index in [1.807, 2.05) is 30.5 Å². The Balaban J connectivity index is 1.89. The van der Waals surface area contributed by atoms with Gasteiger partial charge in [0.05, 0.1) is 5.97 Å². The van der Waals surface area contributed by atoms with Crippen LogP contribution in [0.4, 0.5) is 0 Å². The van der Waals surface area contributed by atoms with Crippen LogP contribution >= 0.6 is 0 Å². The predicted molar refractivity (Wildman–Crippen MR) is 69.2 cm³/mol. The molecular formula is C14H13N2O3-. The summed E-state index contributed by atoms with van der Waals surface area (Å²) in [7, 11) is 0. The molecule has 1 aromatic carbocycles. The van der Waals surface area contributed by atoms with Gasteiger partial charge in [-0.15, -0.1) is 0 Å². The minimum Gasteiger partial charge on any atom is -0.545 e. The van der Waals surface area contributed by atoms with Gasteiger partial charge < -0.3 is 20.2 Å². The van der Waals surface area contributed by atoms with E-state index in [1.54, 1.807) is 0 Å². The first-order valence-electron chi connectivity index (χ1n) is 5.88. The van der Waals surface area contributed by atoms with Gasteiger partial charge in [0.15, 0.2) is 0 Å². The van der Waals surface area contributed by atoms with Crippen LogP contribution in [-0.4, -0.2) is 23.4 Å². The van der Waals surface area contributed by atoms with Crippen molar-refractivity contribution < 1.29 is 14.7 Å². The molecule has 0 unspecified atom stereocenters. The third-order valence-corrected chi connectivity index (χ3v) is 2.74. The van der Waals surface area contributed by atoms with Crippen LogP contribution in [0.15, 0.2) is 42.6 Å². The Labute approximate surface area is 109 Å². The molecule has 98 valence electrons. The number of hydrogen-bond acceptors (Lipinski definition) is 3. The van der Waals surface area contributed by atoms with Crippen LogP contribution in [0.3, 0.4) is 0 Å². The quantitative estimate of drug-likeness (QED) is 0.747. The molecule has 1 amide bonds. The maximum atomic E-state index is 11.2. The average molecular weight is 257 g/mol. The molecular weight excluding hydrogens is 244 g/mol. The molecule has 0 aliphatic rings. The Bertz CT molecular complexity index is 628. The van der Waals surface area contributed by atoms with E-state index in [0.717, 1.165) is 22.5 Å². The number of hydrogen-bond donors (Lipinski definition) is 2. The maximum absolute atomic E-state index is 11.2. The number of aromatic amines is 1. The highest BCUT2D eigenvalue weighted by Gasteiger charge is 2.02. The fourth-order valence-electron chi connectivity index (χ4n) is 1.86. The lowest BCUT2D eigenvalue weighted by Crippen LogP contribution is -2.25. The molecule has 0 bridgehead atoms. The van der Waals surface area contributed by atoms with E-state index in [1.165, 1.54) is 0 Å². The van der Waals surface area contributed by atoms with Crippen molar-refractivity contribution in [1.82, 2.24) is 10.3 Å². The molecule has 0 atom stereocenters. The zero-order valence-electron chi connectivity index (χ0n) is 10.2. The highest BCUT2D eigenvalue weighted by Crippen LogP contribution is 2.17. The van der Waals surface area contributed by atoms with Crippen molar-refractivity contribution >= 4 is 22.8 Å². The summed E-state index contributed by atoms with van der Waals surface area (Å²) in [6.45, 7) is 0.443. The Kier molecular flexibility index (Phi) is 3.97. The second kappa shape index (κ2) is 5.86. The van der Waals surface area contributed by atoms with Crippen LogP contribution in [-0.2, 0) is 16.0 Å². The van der Waals surface area contributed by atoms with Crippen LogP contribution in [0.1, 0.15) is 5.56 Å². The maximum Gasteiger partial charge on any atom is 0.244 e. The van der Waals surface area contributed by atoms with Gasteiger partial charge in [-0.2, -0.15) is 0 Å². The third kappa shape index (κ3) is 3.45. The van der Waals surface area contributed by atoms with Gasteiger partial charge in [0.1, 0.15) is 0 Å². The number of para-hydroxylation sites is 1. The van der Waals surface area contributed by atoms with Gasteiger partial charge >= 0.3 is 0 Å². The number of benzene rings is 1. The fraction of sp³-hybridized carbons (Fsp3) is 0.143. The molecule has 0 aliphatic heterocycles. The molecule has 0 spiro atoms. The van der Waals surface area contributed by atoms with Crippen LogP contribution < -0.4 is 10.4 Å². The second-order valence-electron chi connectivity index (χ2n) is 4.05. The number of nitrogens with one attached hydrogen (secondary N) is 2. The summed E-state index contributed by atoms with van der Waals surface area (Å²) in [5.41, 5.74) is 2.17. The Morgan fingerprint density at radius 1 is 1.26 bits per heavy atom. The van der Waals surface area contributed by atoms with Gasteiger partial charge in [-0.05, 0) is 24.1 Å². The number of aliphatic carboxylic acids is 1. The first kappa shape index (κ1) is 12.9. The van der Waals surface area contributed by atoms with Crippen molar-refractivity contribution in [2.24, 2.45) is 0 Å². The number of carbonyl (C=O) groups is 2. The Morgan fingerprint density at radius 3 is 2.84 bits per heavy atom. The Hall–Kier alpha value is -2.56. The molecule has 0 aliphatic carbocycles. The van der Waals surface area contributed by atoms with Crippen molar-refractivity contribution in [3.05, 3.63) is 48.2 Å². The first-order valence-corrected chi connectivity index (χ1v) is 5.88. The minimum atomic E-state index is -1.38. The Morgan fingerprint density at radius 2 is 2.05 bits per heavy atom. The molecule has 0 saturated heterocycles. The summed E-state index contributed by atoms with van der Waals surface area (Å²) < 4.78 is 0. The summed E-state index contributed by atoms with van der Waals surface area (Å²) in [5, 5.41) is 13.9. The fourth-order valence-corrected chi connectivity index (χ4v) is 1.86. The lowest BCUT2D eigenvalue weighted by atomic mass is 10.1. The molecule has 0 fully saturated rings. The first-order chi connectivity index (χ1) is 9.16. The van der Waals surface area contributed by atoms with E-state index in [9.17, 15) is 14.7 Å². The number of fused-ring (bicyclic) bond motifs is 1. The van der Waals surface area contributed by atoms with Crippen LogP contribution in [0.25, 0.3) is 10.9 Å². The van der Waals surface area contributed by atoms with Crippen molar-refractivity contribution in [3.63, 3.8) is 0 Å². The SMILES string of the molecule is O=C([O-])/C=C/C(=O)NCCc1c[nH]c2ccccc12. The monoisotopic (exact) mass is 257 g/mol. The predicted octanol–water partition coefficient (Wildman–Crippen LogP) is 0.133. The van der Waals surface area contributed by atoms with E-state index in [4.69, 9.17) is 0 Å². The number of carboxylic acids is 1. The van der Waals surface area contributed by atoms with Gasteiger partial charge in [-0.3, -0.25) is 4.79 Å². The summed E-state index contributed by atoms with van der Waals surface area (Å²) in [5.74, 6) is -1.82. The smallest absolute Gasteiger partial charge is 0.244 e. The molecule has 5 heteroatoms. The highest BCUT2D eigenvalue weighted by atomic mass is 16.4. The largest absolute Gasteiger partial charge is 0.545 e. The summed E-state index contributed by atoms with van der Waals surface area (Å²) in [6, 6.07) is 7.91. The van der Waals surface area contributed by atoms with E-state index in [-0.39, 0.29) is 0 Å². The summed E-state index contributed by atoms with van der Waals surface area (Å²) >= 11 is 0. The van der Waals surface area contributed by atoms with E-state index < -0.39 is 11.9 Å². The van der Waals surface area contributed by atoms with Crippen LogP contribution in [0.5, 0.6) is 0 Å². The lowest BCUT2D eigenvalue weighted by molar-refractivity contribution is -0.297. The van der Waals surface area contributed by atoms with E-state index in [2.05, 4.69) is 10.3 Å². The van der Waals surface area contributed by atoms with Gasteiger partial charge in [0.2, 0.25) is 5.91 Å². The highest BCUT2D eigenvalue weighted by molar-refractivity contribution is 5.93. The van der Waals surface area contributed by atoms with Crippen molar-refractivity contribution in [3.8, 4) is 0 Å². The lowest BCUT2D eigenvalue weighted by Gasteiger charge is -2.01. The molecule has 0 radical (unpaired) electrons. The number of carbonyl (C=O) groups excluding carboxylic acids is 2. The molecule has 5 nitrogen and oxygen atoms in total. The average Bonchev–Trinajstić information content (AvgIpc) is 2.80. The molecule has 19 heavy (non-hydrogen) atoms. The zero-order valence-corrected chi connectivity index (χ0v) is 10.2. The number of H-pyrrole nitrogens is 1. The summed E-state index contributed by atoms with van der Waals surface area (Å²) in [6.07, 6.45) is 4.24. The number of carboxylic acid groups (broad SMARTS) is 1.